The van der Waals surface area contributed by atoms with Gasteiger partial charge < -0.3 is 9.84 Å². The highest BCUT2D eigenvalue weighted by atomic mass is 32.1. The van der Waals surface area contributed by atoms with Crippen LogP contribution in [0.3, 0.4) is 0 Å². The lowest BCUT2D eigenvalue weighted by molar-refractivity contribution is -0.116. The molecule has 0 saturated carbocycles. The van der Waals surface area contributed by atoms with Crippen molar-refractivity contribution in [3.8, 4) is 0 Å². The van der Waals surface area contributed by atoms with Crippen LogP contribution < -0.4 is 5.32 Å². The standard InChI is InChI=1S/C11H15N5O2S/c1-3-4-9-13-14-11(19)16(9)6-10(17)12-8-5-7(2)18-15-8/h5H,3-4,6H2,1-2H3,(H,14,19)(H,12,15,17). The molecule has 0 fully saturated rings. The number of hydrogen-bond donors (Lipinski definition) is 2. The molecule has 0 atom stereocenters. The molecular weight excluding hydrogens is 266 g/mol. The second kappa shape index (κ2) is 5.79. The van der Waals surface area contributed by atoms with Gasteiger partial charge in [0, 0.05) is 12.5 Å². The highest BCUT2D eigenvalue weighted by Gasteiger charge is 2.11. The van der Waals surface area contributed by atoms with Crippen molar-refractivity contribution in [1.29, 1.82) is 0 Å². The predicted molar refractivity (Wildman–Crippen MR) is 71.3 cm³/mol. The zero-order valence-corrected chi connectivity index (χ0v) is 11.6. The van der Waals surface area contributed by atoms with Crippen molar-refractivity contribution >= 4 is 23.9 Å². The van der Waals surface area contributed by atoms with E-state index in [0.717, 1.165) is 18.7 Å². The van der Waals surface area contributed by atoms with Gasteiger partial charge in [-0.2, -0.15) is 5.10 Å². The Hall–Kier alpha value is -1.96. The molecule has 0 aliphatic rings. The average Bonchev–Trinajstić information content (AvgIpc) is 2.90. The summed E-state index contributed by atoms with van der Waals surface area (Å²) in [5.74, 6) is 1.60. The molecule has 1 amide bonds. The number of aromatic nitrogens is 4. The minimum absolute atomic E-state index is 0.108. The topological polar surface area (TPSA) is 88.7 Å². The van der Waals surface area contributed by atoms with E-state index < -0.39 is 0 Å². The van der Waals surface area contributed by atoms with E-state index in [1.807, 2.05) is 6.92 Å². The maximum absolute atomic E-state index is 11.9. The summed E-state index contributed by atoms with van der Waals surface area (Å²) in [6.07, 6.45) is 1.70. The SMILES string of the molecule is CCCc1n[nH]c(=S)n1CC(=O)Nc1cc(C)on1. The Labute approximate surface area is 115 Å². The fourth-order valence-corrected chi connectivity index (χ4v) is 1.89. The summed E-state index contributed by atoms with van der Waals surface area (Å²) in [4.78, 5) is 11.9. The van der Waals surface area contributed by atoms with E-state index in [4.69, 9.17) is 16.7 Å². The Morgan fingerprint density at radius 2 is 2.42 bits per heavy atom. The Bertz CT molecular complexity index is 627. The molecular formula is C11H15N5O2S. The summed E-state index contributed by atoms with van der Waals surface area (Å²) < 4.78 is 7.00. The normalized spacial score (nSPS) is 10.6. The maximum Gasteiger partial charge on any atom is 0.245 e. The van der Waals surface area contributed by atoms with Gasteiger partial charge in [0.2, 0.25) is 5.91 Å². The molecule has 102 valence electrons. The van der Waals surface area contributed by atoms with Crippen LogP contribution in [-0.4, -0.2) is 25.8 Å². The highest BCUT2D eigenvalue weighted by Crippen LogP contribution is 2.08. The number of rotatable bonds is 5. The molecule has 0 aliphatic carbocycles. The molecule has 0 unspecified atom stereocenters. The lowest BCUT2D eigenvalue weighted by Crippen LogP contribution is -2.20. The molecule has 0 aromatic carbocycles. The molecule has 0 aliphatic heterocycles. The number of carbonyl (C=O) groups is 1. The summed E-state index contributed by atoms with van der Waals surface area (Å²) in [5, 5.41) is 13.1. The molecule has 8 heteroatoms. The third-order valence-corrected chi connectivity index (χ3v) is 2.82. The first kappa shape index (κ1) is 13.5. The van der Waals surface area contributed by atoms with Crippen molar-refractivity contribution in [2.45, 2.75) is 33.2 Å². The van der Waals surface area contributed by atoms with E-state index in [9.17, 15) is 4.79 Å². The molecule has 0 bridgehead atoms. The van der Waals surface area contributed by atoms with Gasteiger partial charge in [0.05, 0.1) is 0 Å². The van der Waals surface area contributed by atoms with Crippen molar-refractivity contribution in [2.75, 3.05) is 5.32 Å². The summed E-state index contributed by atoms with van der Waals surface area (Å²) in [7, 11) is 0. The monoisotopic (exact) mass is 281 g/mol. The molecule has 2 heterocycles. The van der Waals surface area contributed by atoms with Crippen molar-refractivity contribution in [3.63, 3.8) is 0 Å². The first-order valence-corrected chi connectivity index (χ1v) is 6.38. The van der Waals surface area contributed by atoms with Crippen LogP contribution in [0.2, 0.25) is 0 Å². The van der Waals surface area contributed by atoms with Crippen LogP contribution in [0.15, 0.2) is 10.6 Å². The quantitative estimate of drug-likeness (QED) is 0.816. The van der Waals surface area contributed by atoms with Crippen molar-refractivity contribution in [3.05, 3.63) is 22.4 Å². The summed E-state index contributed by atoms with van der Waals surface area (Å²) in [6, 6.07) is 1.65. The Kier molecular flexibility index (Phi) is 4.10. The summed E-state index contributed by atoms with van der Waals surface area (Å²) >= 11 is 5.10. The van der Waals surface area contributed by atoms with Crippen molar-refractivity contribution < 1.29 is 9.32 Å². The maximum atomic E-state index is 11.9. The van der Waals surface area contributed by atoms with Crippen LogP contribution >= 0.6 is 12.2 Å². The van der Waals surface area contributed by atoms with E-state index in [0.29, 0.717) is 16.3 Å². The number of aryl methyl sites for hydroxylation is 2. The Morgan fingerprint density at radius 3 is 3.05 bits per heavy atom. The van der Waals surface area contributed by atoms with Gasteiger partial charge in [-0.05, 0) is 25.6 Å². The molecule has 7 nitrogen and oxygen atoms in total. The summed E-state index contributed by atoms with van der Waals surface area (Å²) in [6.45, 7) is 3.91. The van der Waals surface area contributed by atoms with Gasteiger partial charge in [0.1, 0.15) is 18.1 Å². The molecule has 0 radical (unpaired) electrons. The number of H-pyrrole nitrogens is 1. The average molecular weight is 281 g/mol. The number of amides is 1. The minimum Gasteiger partial charge on any atom is -0.360 e. The fourth-order valence-electron chi connectivity index (χ4n) is 1.68. The van der Waals surface area contributed by atoms with Crippen molar-refractivity contribution in [1.82, 2.24) is 19.9 Å². The molecule has 2 aromatic heterocycles. The van der Waals surface area contributed by atoms with E-state index >= 15 is 0 Å². The third-order valence-electron chi connectivity index (χ3n) is 2.51. The van der Waals surface area contributed by atoms with Crippen LogP contribution in [-0.2, 0) is 17.8 Å². The Balaban J connectivity index is 2.06. The van der Waals surface area contributed by atoms with Crippen LogP contribution in [0.1, 0.15) is 24.9 Å². The van der Waals surface area contributed by atoms with Gasteiger partial charge in [-0.15, -0.1) is 0 Å². The number of anilines is 1. The zero-order chi connectivity index (χ0) is 13.8. The molecule has 0 spiro atoms. The number of carbonyl (C=O) groups excluding carboxylic acids is 1. The first-order chi connectivity index (χ1) is 9.10. The second-order valence-corrected chi connectivity index (χ2v) is 4.54. The largest absolute Gasteiger partial charge is 0.360 e. The number of hydrogen-bond acceptors (Lipinski definition) is 5. The van der Waals surface area contributed by atoms with E-state index in [-0.39, 0.29) is 12.5 Å². The first-order valence-electron chi connectivity index (χ1n) is 5.97. The van der Waals surface area contributed by atoms with Gasteiger partial charge in [-0.1, -0.05) is 12.1 Å². The zero-order valence-electron chi connectivity index (χ0n) is 10.8. The number of nitrogens with zero attached hydrogens (tertiary/aromatic N) is 3. The lowest BCUT2D eigenvalue weighted by Gasteiger charge is -2.05. The minimum atomic E-state index is -0.219. The Morgan fingerprint density at radius 1 is 1.63 bits per heavy atom. The number of nitrogens with one attached hydrogen (secondary N) is 2. The molecule has 2 aromatic rings. The van der Waals surface area contributed by atoms with Gasteiger partial charge >= 0.3 is 0 Å². The van der Waals surface area contributed by atoms with Crippen LogP contribution in [0.25, 0.3) is 0 Å². The van der Waals surface area contributed by atoms with Crippen LogP contribution in [0.5, 0.6) is 0 Å². The lowest BCUT2D eigenvalue weighted by atomic mass is 10.3. The van der Waals surface area contributed by atoms with Crippen molar-refractivity contribution in [2.24, 2.45) is 0 Å². The molecule has 2 N–H and O–H groups in total. The fraction of sp³-hybridized carbons (Fsp3) is 0.455. The molecule has 0 saturated heterocycles. The summed E-state index contributed by atoms with van der Waals surface area (Å²) in [5.41, 5.74) is 0. The van der Waals surface area contributed by atoms with E-state index in [1.54, 1.807) is 17.6 Å². The van der Waals surface area contributed by atoms with Gasteiger partial charge in [0.15, 0.2) is 10.6 Å². The van der Waals surface area contributed by atoms with Crippen LogP contribution in [0.4, 0.5) is 5.82 Å². The van der Waals surface area contributed by atoms with E-state index in [2.05, 4.69) is 20.7 Å². The van der Waals surface area contributed by atoms with Gasteiger partial charge in [-0.3, -0.25) is 14.5 Å². The van der Waals surface area contributed by atoms with E-state index in [1.165, 1.54) is 0 Å². The molecule has 19 heavy (non-hydrogen) atoms. The molecule has 2 rings (SSSR count). The predicted octanol–water partition coefficient (Wildman–Crippen LogP) is 1.83. The number of aromatic amines is 1. The van der Waals surface area contributed by atoms with Gasteiger partial charge in [-0.25, -0.2) is 0 Å². The third kappa shape index (κ3) is 3.28. The van der Waals surface area contributed by atoms with Crippen LogP contribution in [0, 0.1) is 11.7 Å². The second-order valence-electron chi connectivity index (χ2n) is 4.15. The smallest absolute Gasteiger partial charge is 0.245 e. The van der Waals surface area contributed by atoms with Gasteiger partial charge in [0.25, 0.3) is 0 Å². The highest BCUT2D eigenvalue weighted by molar-refractivity contribution is 7.71.